The van der Waals surface area contributed by atoms with Gasteiger partial charge in [0, 0.05) is 8.95 Å². The molecule has 2 aromatic carbocycles. The minimum Gasteiger partial charge on any atom is -0.117 e. The average molecular weight is 417 g/mol. The van der Waals surface area contributed by atoms with Crippen molar-refractivity contribution in [3.8, 4) is 0 Å². The molecule has 106 valence electrons. The third kappa shape index (κ3) is 3.66. The highest BCUT2D eigenvalue weighted by atomic mass is 79.9. The van der Waals surface area contributed by atoms with Crippen LogP contribution in [0, 0.1) is 20.8 Å². The highest BCUT2D eigenvalue weighted by molar-refractivity contribution is 9.11. The standard InChI is InChI=1S/C17H17Br2Cl/c1-10-4-5-11(2)13(6-10)8-17(20)14-9-15(18)12(3)7-16(14)19/h4-7,9,17H,8H2,1-3H3. The Labute approximate surface area is 142 Å². The van der Waals surface area contributed by atoms with Crippen molar-refractivity contribution in [3.05, 3.63) is 67.1 Å². The van der Waals surface area contributed by atoms with Gasteiger partial charge in [0.1, 0.15) is 0 Å². The number of hydrogen-bond donors (Lipinski definition) is 0. The van der Waals surface area contributed by atoms with E-state index in [-0.39, 0.29) is 5.38 Å². The molecular formula is C17H17Br2Cl. The van der Waals surface area contributed by atoms with Crippen molar-refractivity contribution in [2.75, 3.05) is 0 Å². The van der Waals surface area contributed by atoms with Crippen LogP contribution < -0.4 is 0 Å². The minimum atomic E-state index is -0.0400. The van der Waals surface area contributed by atoms with Gasteiger partial charge in [0.2, 0.25) is 0 Å². The Kier molecular flexibility index (Phi) is 5.33. The maximum atomic E-state index is 6.64. The summed E-state index contributed by atoms with van der Waals surface area (Å²) in [5, 5.41) is -0.0400. The molecule has 0 heterocycles. The third-order valence-electron chi connectivity index (χ3n) is 3.52. The number of aryl methyl sites for hydroxylation is 3. The predicted molar refractivity (Wildman–Crippen MR) is 94.8 cm³/mol. The molecule has 20 heavy (non-hydrogen) atoms. The first-order valence-corrected chi connectivity index (χ1v) is 8.56. The summed E-state index contributed by atoms with van der Waals surface area (Å²) in [7, 11) is 0. The number of rotatable bonds is 3. The molecule has 0 nitrogen and oxygen atoms in total. The SMILES string of the molecule is Cc1ccc(C)c(CC(Cl)c2cc(Br)c(C)cc2Br)c1. The molecule has 0 saturated carbocycles. The average Bonchev–Trinajstić information content (AvgIpc) is 2.38. The topological polar surface area (TPSA) is 0 Å². The number of alkyl halides is 1. The Bertz CT molecular complexity index is 635. The highest BCUT2D eigenvalue weighted by Gasteiger charge is 2.15. The van der Waals surface area contributed by atoms with Gasteiger partial charge in [-0.05, 0) is 61.6 Å². The molecule has 0 amide bonds. The lowest BCUT2D eigenvalue weighted by Crippen LogP contribution is -2.00. The van der Waals surface area contributed by atoms with Crippen LogP contribution in [0.2, 0.25) is 0 Å². The summed E-state index contributed by atoms with van der Waals surface area (Å²) in [6.45, 7) is 6.33. The fourth-order valence-corrected chi connectivity index (χ4v) is 3.80. The van der Waals surface area contributed by atoms with Gasteiger partial charge in [0.05, 0.1) is 5.38 Å². The van der Waals surface area contributed by atoms with Crippen LogP contribution in [0.1, 0.15) is 33.2 Å². The summed E-state index contributed by atoms with van der Waals surface area (Å²) in [4.78, 5) is 0. The zero-order valence-electron chi connectivity index (χ0n) is 11.8. The minimum absolute atomic E-state index is 0.0400. The predicted octanol–water partition coefficient (Wildman–Crippen LogP) is 6.66. The molecule has 0 bridgehead atoms. The van der Waals surface area contributed by atoms with Gasteiger partial charge in [-0.25, -0.2) is 0 Å². The van der Waals surface area contributed by atoms with Gasteiger partial charge in [0.15, 0.2) is 0 Å². The van der Waals surface area contributed by atoms with Gasteiger partial charge >= 0.3 is 0 Å². The van der Waals surface area contributed by atoms with Crippen molar-refractivity contribution in [3.63, 3.8) is 0 Å². The van der Waals surface area contributed by atoms with Gasteiger partial charge in [-0.3, -0.25) is 0 Å². The first-order valence-electron chi connectivity index (χ1n) is 6.54. The molecule has 0 N–H and O–H groups in total. The van der Waals surface area contributed by atoms with Crippen molar-refractivity contribution in [1.82, 2.24) is 0 Å². The highest BCUT2D eigenvalue weighted by Crippen LogP contribution is 2.35. The Hall–Kier alpha value is -0.310. The van der Waals surface area contributed by atoms with Crippen molar-refractivity contribution >= 4 is 43.5 Å². The lowest BCUT2D eigenvalue weighted by atomic mass is 9.98. The van der Waals surface area contributed by atoms with Gasteiger partial charge in [-0.1, -0.05) is 55.6 Å². The van der Waals surface area contributed by atoms with E-state index >= 15 is 0 Å². The molecule has 2 rings (SSSR count). The lowest BCUT2D eigenvalue weighted by molar-refractivity contribution is 0.902. The van der Waals surface area contributed by atoms with E-state index in [0.717, 1.165) is 20.9 Å². The molecule has 0 saturated heterocycles. The largest absolute Gasteiger partial charge is 0.117 e. The molecule has 3 heteroatoms. The molecule has 0 aromatic heterocycles. The third-order valence-corrected chi connectivity index (χ3v) is 5.45. The number of hydrogen-bond acceptors (Lipinski definition) is 0. The zero-order chi connectivity index (χ0) is 14.9. The van der Waals surface area contributed by atoms with Gasteiger partial charge in [0.25, 0.3) is 0 Å². The van der Waals surface area contributed by atoms with Crippen LogP contribution in [0.4, 0.5) is 0 Å². The van der Waals surface area contributed by atoms with E-state index in [2.05, 4.69) is 83.0 Å². The molecule has 2 aromatic rings. The molecule has 0 aliphatic carbocycles. The summed E-state index contributed by atoms with van der Waals surface area (Å²) in [5.74, 6) is 0. The van der Waals surface area contributed by atoms with Crippen LogP contribution in [-0.2, 0) is 6.42 Å². The normalized spacial score (nSPS) is 12.5. The molecule has 1 unspecified atom stereocenters. The van der Waals surface area contributed by atoms with E-state index in [1.54, 1.807) is 0 Å². The first kappa shape index (κ1) is 16.1. The quantitative estimate of drug-likeness (QED) is 0.491. The van der Waals surface area contributed by atoms with Crippen LogP contribution in [0.25, 0.3) is 0 Å². The second-order valence-corrected chi connectivity index (χ2v) is 7.46. The summed E-state index contributed by atoms with van der Waals surface area (Å²) in [6.07, 6.45) is 0.836. The summed E-state index contributed by atoms with van der Waals surface area (Å²) >= 11 is 13.8. The van der Waals surface area contributed by atoms with Crippen LogP contribution in [0.3, 0.4) is 0 Å². The van der Waals surface area contributed by atoms with E-state index in [9.17, 15) is 0 Å². The Morgan fingerprint density at radius 1 is 0.950 bits per heavy atom. The fraction of sp³-hybridized carbons (Fsp3) is 0.294. The smallest absolute Gasteiger partial charge is 0.0637 e. The lowest BCUT2D eigenvalue weighted by Gasteiger charge is -2.15. The monoisotopic (exact) mass is 414 g/mol. The van der Waals surface area contributed by atoms with Crippen LogP contribution in [-0.4, -0.2) is 0 Å². The summed E-state index contributed by atoms with van der Waals surface area (Å²) in [6, 6.07) is 10.7. The van der Waals surface area contributed by atoms with E-state index in [1.807, 2.05) is 0 Å². The molecule has 0 fully saturated rings. The number of halogens is 3. The molecule has 0 aliphatic heterocycles. The molecule has 0 radical (unpaired) electrons. The molecule has 1 atom stereocenters. The number of benzene rings is 2. The molecular weight excluding hydrogens is 399 g/mol. The maximum Gasteiger partial charge on any atom is 0.0637 e. The summed E-state index contributed by atoms with van der Waals surface area (Å²) < 4.78 is 2.17. The maximum absolute atomic E-state index is 6.64. The Balaban J connectivity index is 2.30. The Morgan fingerprint density at radius 3 is 2.35 bits per heavy atom. The Morgan fingerprint density at radius 2 is 1.65 bits per heavy atom. The van der Waals surface area contributed by atoms with Crippen molar-refractivity contribution in [2.24, 2.45) is 0 Å². The van der Waals surface area contributed by atoms with E-state index in [4.69, 9.17) is 11.6 Å². The van der Waals surface area contributed by atoms with Crippen molar-refractivity contribution in [2.45, 2.75) is 32.6 Å². The molecule has 0 spiro atoms. The van der Waals surface area contributed by atoms with E-state index in [1.165, 1.54) is 22.3 Å². The van der Waals surface area contributed by atoms with Crippen LogP contribution in [0.5, 0.6) is 0 Å². The van der Waals surface area contributed by atoms with Crippen molar-refractivity contribution in [1.29, 1.82) is 0 Å². The van der Waals surface area contributed by atoms with E-state index in [0.29, 0.717) is 0 Å². The summed E-state index contributed by atoms with van der Waals surface area (Å²) in [5.41, 5.74) is 6.22. The first-order chi connectivity index (χ1) is 9.38. The van der Waals surface area contributed by atoms with Gasteiger partial charge < -0.3 is 0 Å². The van der Waals surface area contributed by atoms with Crippen LogP contribution in [0.15, 0.2) is 39.3 Å². The van der Waals surface area contributed by atoms with E-state index < -0.39 is 0 Å². The zero-order valence-corrected chi connectivity index (χ0v) is 15.7. The second-order valence-electron chi connectivity index (χ2n) is 5.22. The van der Waals surface area contributed by atoms with Crippen molar-refractivity contribution < 1.29 is 0 Å². The fourth-order valence-electron chi connectivity index (χ4n) is 2.22. The molecule has 0 aliphatic rings. The van der Waals surface area contributed by atoms with Gasteiger partial charge in [-0.2, -0.15) is 0 Å². The van der Waals surface area contributed by atoms with Gasteiger partial charge in [-0.15, -0.1) is 11.6 Å². The van der Waals surface area contributed by atoms with Crippen LogP contribution >= 0.6 is 43.5 Å². The second kappa shape index (κ2) is 6.64.